The Morgan fingerprint density at radius 2 is 2.38 bits per heavy atom. The van der Waals surface area contributed by atoms with E-state index in [1.54, 1.807) is 12.3 Å². The normalized spacial score (nSPS) is 18.1. The summed E-state index contributed by atoms with van der Waals surface area (Å²) in [7, 11) is 0. The topological polar surface area (TPSA) is 58.6 Å². The van der Waals surface area contributed by atoms with E-state index in [0.29, 0.717) is 5.70 Å². The van der Waals surface area contributed by atoms with Crippen LogP contribution in [-0.2, 0) is 0 Å². The summed E-state index contributed by atoms with van der Waals surface area (Å²) in [6.07, 6.45) is 3.28. The second-order valence-corrected chi connectivity index (χ2v) is 5.79. The average molecular weight is 290 g/mol. The highest BCUT2D eigenvalue weighted by Crippen LogP contribution is 2.25. The molecule has 70 valence electrons. The molecule has 0 aromatic heterocycles. The number of nitrogens with zero attached hydrogens (tertiary/aromatic N) is 1. The van der Waals surface area contributed by atoms with Gasteiger partial charge in [0.2, 0.25) is 0 Å². The van der Waals surface area contributed by atoms with Gasteiger partial charge in [-0.1, -0.05) is 26.5 Å². The first-order valence-electron chi connectivity index (χ1n) is 3.78. The van der Waals surface area contributed by atoms with Crippen molar-refractivity contribution in [1.82, 2.24) is 0 Å². The van der Waals surface area contributed by atoms with Gasteiger partial charge in [0.15, 0.2) is 5.76 Å². The van der Waals surface area contributed by atoms with E-state index >= 15 is 0 Å². The fourth-order valence-corrected chi connectivity index (χ4v) is 2.78. The molecule has 0 atom stereocenters. The van der Waals surface area contributed by atoms with Crippen molar-refractivity contribution in [2.24, 2.45) is 10.7 Å². The summed E-state index contributed by atoms with van der Waals surface area (Å²) in [5, 5.41) is 9.52. The zero-order valence-corrected chi connectivity index (χ0v) is 9.66. The van der Waals surface area contributed by atoms with E-state index in [4.69, 9.17) is 5.73 Å². The Balaban J connectivity index is 3.29. The van der Waals surface area contributed by atoms with E-state index < -0.39 is 0 Å². The van der Waals surface area contributed by atoms with Gasteiger partial charge in [-0.3, -0.25) is 10.7 Å². The number of rotatable bonds is 1. The number of aliphatic hydroxyl groups is 1. The van der Waals surface area contributed by atoms with Crippen LogP contribution in [0.3, 0.4) is 0 Å². The van der Waals surface area contributed by atoms with Gasteiger partial charge in [0, 0.05) is 15.9 Å². The van der Waals surface area contributed by atoms with Gasteiger partial charge in [0.25, 0.3) is 0 Å². The molecule has 1 aliphatic rings. The monoisotopic (exact) mass is 290 g/mol. The molecule has 4 heteroatoms. The predicted octanol–water partition coefficient (Wildman–Crippen LogP) is 1.98. The zero-order chi connectivity index (χ0) is 9.84. The molecule has 0 unspecified atom stereocenters. The van der Waals surface area contributed by atoms with E-state index in [1.807, 2.05) is 13.8 Å². The summed E-state index contributed by atoms with van der Waals surface area (Å²) >= 11 is -0.357. The third-order valence-corrected chi connectivity index (χ3v) is 3.66. The quantitative estimate of drug-likeness (QED) is 0.441. The van der Waals surface area contributed by atoms with Crippen LogP contribution < -0.4 is 5.73 Å². The molecule has 1 rings (SSSR count). The lowest BCUT2D eigenvalue weighted by molar-refractivity contribution is 0.423. The number of hydrogen-bond acceptors (Lipinski definition) is 3. The smallest absolute Gasteiger partial charge is 0.186 e. The van der Waals surface area contributed by atoms with Gasteiger partial charge in [-0.2, -0.15) is 0 Å². The standard InChI is InChI=1S/C9H11IN2O/c1-3-12-9-6(2)10-8(11)5-4-7(9)13/h3,5,13H,11H2,1-2H3. The summed E-state index contributed by atoms with van der Waals surface area (Å²) in [6.45, 7) is 3.76. The molecule has 0 fully saturated rings. The number of halogens is 1. The van der Waals surface area contributed by atoms with Crippen molar-refractivity contribution in [3.63, 3.8) is 0 Å². The number of aliphatic hydroxyl groups excluding tert-OH is 1. The molecule has 0 amide bonds. The van der Waals surface area contributed by atoms with Crippen LogP contribution in [0.1, 0.15) is 13.8 Å². The summed E-state index contributed by atoms with van der Waals surface area (Å²) in [6, 6.07) is 0. The first-order valence-corrected chi connectivity index (χ1v) is 5.93. The Labute approximate surface area is 87.1 Å². The maximum absolute atomic E-state index is 9.52. The third kappa shape index (κ3) is 2.62. The van der Waals surface area contributed by atoms with Crippen LogP contribution in [0, 0.1) is 0 Å². The fraction of sp³-hybridized carbons (Fsp3) is 0.222. The van der Waals surface area contributed by atoms with Gasteiger partial charge in [0.1, 0.15) is 5.70 Å². The number of nitrogens with two attached hydrogens (primary N) is 1. The van der Waals surface area contributed by atoms with Crippen molar-refractivity contribution < 1.29 is 5.11 Å². The van der Waals surface area contributed by atoms with E-state index in [-0.39, 0.29) is 26.5 Å². The van der Waals surface area contributed by atoms with Crippen molar-refractivity contribution in [3.8, 4) is 0 Å². The van der Waals surface area contributed by atoms with Gasteiger partial charge >= 0.3 is 0 Å². The van der Waals surface area contributed by atoms with Gasteiger partial charge in [-0.15, -0.1) is 0 Å². The summed E-state index contributed by atoms with van der Waals surface area (Å²) in [5.41, 5.74) is 9.00. The molecule has 0 radical (unpaired) electrons. The maximum Gasteiger partial charge on any atom is 0.186 e. The maximum atomic E-state index is 9.52. The van der Waals surface area contributed by atoms with Gasteiger partial charge in [0.05, 0.1) is 3.63 Å². The minimum absolute atomic E-state index is 0.0794. The summed E-state index contributed by atoms with van der Waals surface area (Å²) in [5.74, 6) is 0.0794. The second kappa shape index (κ2) is 4.50. The Kier molecular flexibility index (Phi) is 3.59. The Bertz CT molecular complexity index is 371. The molecule has 1 aliphatic heterocycles. The SMILES string of the molecule is CC=NC1=C(C)I=C(N)C=C=C1O. The molecule has 0 saturated heterocycles. The second-order valence-electron chi connectivity index (χ2n) is 2.39. The number of allylic oxidation sites excluding steroid dienone is 1. The highest BCUT2D eigenvalue weighted by molar-refractivity contribution is 14.2. The minimum atomic E-state index is -0.357. The third-order valence-electron chi connectivity index (χ3n) is 1.41. The molecular weight excluding hydrogens is 279 g/mol. The molecule has 0 aromatic carbocycles. The van der Waals surface area contributed by atoms with Crippen molar-refractivity contribution in [2.75, 3.05) is 0 Å². The Morgan fingerprint density at radius 3 is 3.00 bits per heavy atom. The minimum Gasteiger partial charge on any atom is -0.500 e. The Morgan fingerprint density at radius 1 is 1.69 bits per heavy atom. The molecule has 0 bridgehead atoms. The van der Waals surface area contributed by atoms with Gasteiger partial charge in [-0.25, -0.2) is 0 Å². The van der Waals surface area contributed by atoms with Crippen molar-refractivity contribution in [1.29, 1.82) is 0 Å². The van der Waals surface area contributed by atoms with Crippen molar-refractivity contribution in [3.05, 3.63) is 26.8 Å². The van der Waals surface area contributed by atoms with E-state index in [0.717, 1.165) is 7.21 Å². The van der Waals surface area contributed by atoms with Crippen molar-refractivity contribution in [2.45, 2.75) is 13.8 Å². The van der Waals surface area contributed by atoms with E-state index in [1.165, 1.54) is 0 Å². The van der Waals surface area contributed by atoms with Crippen LogP contribution in [0.4, 0.5) is 0 Å². The summed E-state index contributed by atoms with van der Waals surface area (Å²) in [4.78, 5) is 4.08. The molecular formula is C9H11IN2O. The molecule has 3 N–H and O–H groups in total. The number of hydrogen-bond donors (Lipinski definition) is 2. The van der Waals surface area contributed by atoms with Crippen LogP contribution >= 0.6 is 20.7 Å². The van der Waals surface area contributed by atoms with Crippen LogP contribution in [-0.4, -0.2) is 15.0 Å². The van der Waals surface area contributed by atoms with Crippen LogP contribution in [0.5, 0.6) is 0 Å². The molecule has 0 aliphatic carbocycles. The molecule has 0 spiro atoms. The zero-order valence-electron chi connectivity index (χ0n) is 7.50. The van der Waals surface area contributed by atoms with Gasteiger partial charge in [-0.05, 0) is 13.8 Å². The van der Waals surface area contributed by atoms with Crippen LogP contribution in [0.2, 0.25) is 0 Å². The van der Waals surface area contributed by atoms with E-state index in [9.17, 15) is 5.11 Å². The highest BCUT2D eigenvalue weighted by Gasteiger charge is 2.06. The Hall–Kier alpha value is -0.710. The highest BCUT2D eigenvalue weighted by atomic mass is 127. The van der Waals surface area contributed by atoms with E-state index in [2.05, 4.69) is 10.7 Å². The van der Waals surface area contributed by atoms with Crippen LogP contribution in [0.25, 0.3) is 0 Å². The largest absolute Gasteiger partial charge is 0.500 e. The van der Waals surface area contributed by atoms with Crippen LogP contribution in [0.15, 0.2) is 31.8 Å². The molecule has 1 heterocycles. The van der Waals surface area contributed by atoms with Crippen molar-refractivity contribution >= 4 is 30.6 Å². The first-order chi connectivity index (χ1) is 6.15. The summed E-state index contributed by atoms with van der Waals surface area (Å²) < 4.78 is 1.86. The lowest BCUT2D eigenvalue weighted by Gasteiger charge is -1.99. The van der Waals surface area contributed by atoms with Gasteiger partial charge < -0.3 is 5.11 Å². The molecule has 3 nitrogen and oxygen atoms in total. The average Bonchev–Trinajstić information content (AvgIpc) is 2.19. The predicted molar refractivity (Wildman–Crippen MR) is 64.3 cm³/mol. The number of aliphatic imine (C=N–C) groups is 1. The fourth-order valence-electron chi connectivity index (χ4n) is 0.884. The molecule has 13 heavy (non-hydrogen) atoms. The molecule has 0 aromatic rings. The lowest BCUT2D eigenvalue weighted by atomic mass is 10.3. The first kappa shape index (κ1) is 10.4. The molecule has 0 saturated carbocycles. The lowest BCUT2D eigenvalue weighted by Crippen LogP contribution is -2.02.